The standard InChI is InChI=1S/C23H22O9/c1-26-19(24)12-3-7-14(8-4-12)21-28-11-16-17(30-21)18-23(29-16)32-22(31-18)15-9-5-13(6-10-15)20(25)27-2/h3-10,16-18,21-23H,11H2,1-2H3. The van der Waals surface area contributed by atoms with Crippen LogP contribution in [-0.4, -0.2) is 57.4 Å². The summed E-state index contributed by atoms with van der Waals surface area (Å²) in [6, 6.07) is 13.7. The highest BCUT2D eigenvalue weighted by molar-refractivity contribution is 5.89. The molecule has 6 atom stereocenters. The molecule has 32 heavy (non-hydrogen) atoms. The highest BCUT2D eigenvalue weighted by Gasteiger charge is 2.55. The van der Waals surface area contributed by atoms with Crippen LogP contribution in [0.3, 0.4) is 0 Å². The summed E-state index contributed by atoms with van der Waals surface area (Å²) in [5.74, 6) is -0.814. The maximum atomic E-state index is 11.6. The fraction of sp³-hybridized carbons (Fsp3) is 0.391. The summed E-state index contributed by atoms with van der Waals surface area (Å²) in [4.78, 5) is 23.3. The van der Waals surface area contributed by atoms with E-state index in [1.54, 1.807) is 48.5 Å². The number of carbonyl (C=O) groups excluding carboxylic acids is 2. The summed E-state index contributed by atoms with van der Waals surface area (Å²) < 4.78 is 39.4. The predicted molar refractivity (Wildman–Crippen MR) is 106 cm³/mol. The molecule has 0 aliphatic carbocycles. The Morgan fingerprint density at radius 1 is 0.719 bits per heavy atom. The van der Waals surface area contributed by atoms with Crippen LogP contribution in [0.1, 0.15) is 44.4 Å². The predicted octanol–water partition coefficient (Wildman–Crippen LogP) is 2.51. The van der Waals surface area contributed by atoms with Crippen molar-refractivity contribution in [1.82, 2.24) is 0 Å². The molecule has 3 saturated heterocycles. The molecule has 2 aromatic carbocycles. The Kier molecular flexibility index (Phi) is 5.66. The van der Waals surface area contributed by atoms with Gasteiger partial charge in [0.2, 0.25) is 0 Å². The molecule has 0 radical (unpaired) electrons. The van der Waals surface area contributed by atoms with Crippen molar-refractivity contribution in [3.05, 3.63) is 70.8 Å². The summed E-state index contributed by atoms with van der Waals surface area (Å²) in [6.07, 6.45) is -2.95. The van der Waals surface area contributed by atoms with Gasteiger partial charge in [-0.3, -0.25) is 0 Å². The third-order valence-corrected chi connectivity index (χ3v) is 5.71. The average molecular weight is 442 g/mol. The van der Waals surface area contributed by atoms with E-state index >= 15 is 0 Å². The molecule has 3 fully saturated rings. The molecule has 0 bridgehead atoms. The van der Waals surface area contributed by atoms with E-state index in [0.717, 1.165) is 11.1 Å². The Bertz CT molecular complexity index is 988. The van der Waals surface area contributed by atoms with Gasteiger partial charge in [-0.1, -0.05) is 24.3 Å². The molecule has 3 aliphatic rings. The van der Waals surface area contributed by atoms with Crippen LogP contribution in [0.15, 0.2) is 48.5 Å². The topological polar surface area (TPSA) is 98.8 Å². The number of carbonyl (C=O) groups is 2. The van der Waals surface area contributed by atoms with Gasteiger partial charge in [0, 0.05) is 11.1 Å². The summed E-state index contributed by atoms with van der Waals surface area (Å²) in [5, 5.41) is 0. The highest BCUT2D eigenvalue weighted by Crippen LogP contribution is 2.43. The van der Waals surface area contributed by atoms with Gasteiger partial charge in [0.25, 0.3) is 0 Å². The zero-order valence-corrected chi connectivity index (χ0v) is 17.5. The minimum absolute atomic E-state index is 0.307. The van der Waals surface area contributed by atoms with E-state index in [2.05, 4.69) is 0 Å². The van der Waals surface area contributed by atoms with Crippen molar-refractivity contribution in [2.75, 3.05) is 20.8 Å². The second-order valence-electron chi connectivity index (χ2n) is 7.60. The van der Waals surface area contributed by atoms with Gasteiger partial charge in [-0.2, -0.15) is 0 Å². The quantitative estimate of drug-likeness (QED) is 0.662. The van der Waals surface area contributed by atoms with Crippen molar-refractivity contribution < 1.29 is 42.7 Å². The summed E-state index contributed by atoms with van der Waals surface area (Å²) in [7, 11) is 2.67. The van der Waals surface area contributed by atoms with Crippen LogP contribution >= 0.6 is 0 Å². The SMILES string of the molecule is COC(=O)c1ccc(C2OCC3OC4OC(c5ccc(C(=O)OC)cc5)OC4C3O2)cc1. The normalized spacial score (nSPS) is 30.9. The van der Waals surface area contributed by atoms with E-state index in [4.69, 9.17) is 33.2 Å². The molecule has 3 heterocycles. The van der Waals surface area contributed by atoms with Crippen molar-refractivity contribution in [3.63, 3.8) is 0 Å². The van der Waals surface area contributed by atoms with Crippen molar-refractivity contribution in [1.29, 1.82) is 0 Å². The molecule has 0 saturated carbocycles. The van der Waals surface area contributed by atoms with Gasteiger partial charge in [-0.05, 0) is 24.3 Å². The fourth-order valence-corrected chi connectivity index (χ4v) is 4.03. The van der Waals surface area contributed by atoms with E-state index in [-0.39, 0.29) is 12.2 Å². The number of hydrogen-bond acceptors (Lipinski definition) is 9. The monoisotopic (exact) mass is 442 g/mol. The van der Waals surface area contributed by atoms with E-state index in [0.29, 0.717) is 17.7 Å². The van der Waals surface area contributed by atoms with Gasteiger partial charge in [-0.15, -0.1) is 0 Å². The zero-order valence-electron chi connectivity index (χ0n) is 17.5. The van der Waals surface area contributed by atoms with Crippen molar-refractivity contribution in [3.8, 4) is 0 Å². The van der Waals surface area contributed by atoms with Crippen LogP contribution in [0.25, 0.3) is 0 Å². The Morgan fingerprint density at radius 3 is 1.81 bits per heavy atom. The molecule has 5 rings (SSSR count). The first-order valence-electron chi connectivity index (χ1n) is 10.2. The number of benzene rings is 2. The smallest absolute Gasteiger partial charge is 0.337 e. The molecule has 2 aromatic rings. The molecule has 0 spiro atoms. The Balaban J connectivity index is 1.26. The molecule has 9 heteroatoms. The minimum atomic E-state index is -0.637. The van der Waals surface area contributed by atoms with Crippen LogP contribution in [-0.2, 0) is 33.2 Å². The first-order chi connectivity index (χ1) is 15.6. The van der Waals surface area contributed by atoms with Gasteiger partial charge in [0.15, 0.2) is 18.9 Å². The highest BCUT2D eigenvalue weighted by atomic mass is 16.8. The lowest BCUT2D eigenvalue weighted by Gasteiger charge is -2.33. The van der Waals surface area contributed by atoms with E-state index < -0.39 is 36.9 Å². The number of hydrogen-bond donors (Lipinski definition) is 0. The van der Waals surface area contributed by atoms with Gasteiger partial charge in [0.05, 0.1) is 32.0 Å². The maximum absolute atomic E-state index is 11.6. The minimum Gasteiger partial charge on any atom is -0.465 e. The maximum Gasteiger partial charge on any atom is 0.337 e. The number of fused-ring (bicyclic) bond motifs is 3. The largest absolute Gasteiger partial charge is 0.465 e. The van der Waals surface area contributed by atoms with E-state index in [9.17, 15) is 9.59 Å². The second kappa shape index (κ2) is 8.61. The lowest BCUT2D eigenvalue weighted by atomic mass is 10.1. The Labute approximate surface area is 184 Å². The molecule has 0 N–H and O–H groups in total. The number of methoxy groups -OCH3 is 2. The number of esters is 2. The van der Waals surface area contributed by atoms with Gasteiger partial charge in [0.1, 0.15) is 18.3 Å². The van der Waals surface area contributed by atoms with Gasteiger partial charge >= 0.3 is 11.9 Å². The molecule has 0 amide bonds. The third-order valence-electron chi connectivity index (χ3n) is 5.71. The van der Waals surface area contributed by atoms with E-state index in [1.807, 2.05) is 0 Å². The molecule has 6 unspecified atom stereocenters. The van der Waals surface area contributed by atoms with Crippen molar-refractivity contribution in [2.45, 2.75) is 37.2 Å². The number of ether oxygens (including phenoxy) is 7. The Morgan fingerprint density at radius 2 is 1.25 bits per heavy atom. The first-order valence-corrected chi connectivity index (χ1v) is 10.2. The van der Waals surface area contributed by atoms with Crippen LogP contribution in [0, 0.1) is 0 Å². The van der Waals surface area contributed by atoms with Crippen LogP contribution < -0.4 is 0 Å². The Hall–Kier alpha value is -2.82. The number of rotatable bonds is 4. The average Bonchev–Trinajstić information content (AvgIpc) is 3.41. The first kappa shape index (κ1) is 21.0. The molecular formula is C23H22O9. The summed E-state index contributed by atoms with van der Waals surface area (Å²) in [5.41, 5.74) is 2.42. The summed E-state index contributed by atoms with van der Waals surface area (Å²) in [6.45, 7) is 0.326. The lowest BCUT2D eigenvalue weighted by molar-refractivity contribution is -0.273. The second-order valence-corrected chi connectivity index (χ2v) is 7.60. The van der Waals surface area contributed by atoms with Crippen LogP contribution in [0.4, 0.5) is 0 Å². The molecule has 3 aliphatic heterocycles. The third kappa shape index (κ3) is 3.78. The van der Waals surface area contributed by atoms with E-state index in [1.165, 1.54) is 14.2 Å². The molecule has 9 nitrogen and oxygen atoms in total. The van der Waals surface area contributed by atoms with Crippen molar-refractivity contribution in [2.24, 2.45) is 0 Å². The fourth-order valence-electron chi connectivity index (χ4n) is 4.03. The molecule has 168 valence electrons. The van der Waals surface area contributed by atoms with Gasteiger partial charge in [-0.25, -0.2) is 9.59 Å². The van der Waals surface area contributed by atoms with Crippen LogP contribution in [0.5, 0.6) is 0 Å². The van der Waals surface area contributed by atoms with Crippen molar-refractivity contribution >= 4 is 11.9 Å². The molecule has 0 aromatic heterocycles. The van der Waals surface area contributed by atoms with Crippen LogP contribution in [0.2, 0.25) is 0 Å². The van der Waals surface area contributed by atoms with Gasteiger partial charge < -0.3 is 33.2 Å². The lowest BCUT2D eigenvalue weighted by Crippen LogP contribution is -2.43. The zero-order chi connectivity index (χ0) is 22.2. The molecular weight excluding hydrogens is 420 g/mol. The summed E-state index contributed by atoms with van der Waals surface area (Å²) >= 11 is 0.